The molecule has 5 heteroatoms. The van der Waals surface area contributed by atoms with E-state index in [1.165, 1.54) is 6.92 Å². The summed E-state index contributed by atoms with van der Waals surface area (Å²) in [6, 6.07) is 1.13. The summed E-state index contributed by atoms with van der Waals surface area (Å²) >= 11 is 5.54. The molecule has 0 spiro atoms. The highest BCUT2D eigenvalue weighted by atomic mass is 35.5. The first-order valence-corrected chi connectivity index (χ1v) is 3.61. The maximum atomic E-state index is 12.2. The highest BCUT2D eigenvalue weighted by Gasteiger charge is 2.14. The summed E-state index contributed by atoms with van der Waals surface area (Å²) in [5.74, 6) is 0.0147. The van der Waals surface area contributed by atoms with Crippen LogP contribution >= 0.6 is 11.6 Å². The fourth-order valence-electron chi connectivity index (χ4n) is 0.843. The van der Waals surface area contributed by atoms with Gasteiger partial charge in [0.2, 0.25) is 0 Å². The molecule has 12 heavy (non-hydrogen) atoms. The second-order valence-corrected chi connectivity index (χ2v) is 2.71. The normalized spacial score (nSPS) is 10.8. The summed E-state index contributed by atoms with van der Waals surface area (Å²) < 4.78 is 24.5. The van der Waals surface area contributed by atoms with Crippen LogP contribution in [0.3, 0.4) is 0 Å². The number of rotatable bonds is 1. The van der Waals surface area contributed by atoms with Crippen molar-refractivity contribution in [3.8, 4) is 0 Å². The van der Waals surface area contributed by atoms with Gasteiger partial charge in [0, 0.05) is 5.56 Å². The summed E-state index contributed by atoms with van der Waals surface area (Å²) in [4.78, 5) is 3.63. The molecule has 66 valence electrons. The molecule has 1 rings (SSSR count). The lowest BCUT2D eigenvalue weighted by atomic mass is 10.1. The van der Waals surface area contributed by atoms with E-state index in [0.717, 1.165) is 6.07 Å². The highest BCUT2D eigenvalue weighted by Crippen LogP contribution is 2.27. The van der Waals surface area contributed by atoms with Gasteiger partial charge < -0.3 is 5.73 Å². The van der Waals surface area contributed by atoms with E-state index in [1.807, 2.05) is 0 Å². The molecule has 2 N–H and O–H groups in total. The summed E-state index contributed by atoms with van der Waals surface area (Å²) in [6.07, 6.45) is -2.56. The van der Waals surface area contributed by atoms with E-state index in [1.54, 1.807) is 0 Å². The van der Waals surface area contributed by atoms with Gasteiger partial charge in [-0.25, -0.2) is 13.8 Å². The Kier molecular flexibility index (Phi) is 2.47. The average Bonchev–Trinajstić information content (AvgIpc) is 1.96. The van der Waals surface area contributed by atoms with Gasteiger partial charge in [0.25, 0.3) is 6.43 Å². The van der Waals surface area contributed by atoms with Crippen LogP contribution in [-0.4, -0.2) is 4.98 Å². The molecule has 0 fully saturated rings. The van der Waals surface area contributed by atoms with Gasteiger partial charge in [-0.15, -0.1) is 0 Å². The number of nitrogens with two attached hydrogens (primary N) is 1. The average molecular weight is 193 g/mol. The fourth-order valence-corrected chi connectivity index (χ4v) is 1.05. The monoisotopic (exact) mass is 192 g/mol. The quantitative estimate of drug-likeness (QED) is 0.695. The number of nitrogen functional groups attached to an aromatic ring is 1. The molecule has 0 aromatic carbocycles. The van der Waals surface area contributed by atoms with Gasteiger partial charge in [-0.2, -0.15) is 0 Å². The maximum Gasteiger partial charge on any atom is 0.264 e. The lowest BCUT2D eigenvalue weighted by Gasteiger charge is -2.06. The van der Waals surface area contributed by atoms with Gasteiger partial charge in [-0.1, -0.05) is 11.6 Å². The molecule has 0 atom stereocenters. The summed E-state index contributed by atoms with van der Waals surface area (Å²) in [7, 11) is 0. The van der Waals surface area contributed by atoms with E-state index >= 15 is 0 Å². The van der Waals surface area contributed by atoms with Gasteiger partial charge >= 0.3 is 0 Å². The number of pyridine rings is 1. The Hall–Kier alpha value is -0.900. The number of nitrogens with zero attached hydrogens (tertiary/aromatic N) is 1. The number of halogens is 3. The third kappa shape index (κ3) is 1.64. The molecular weight excluding hydrogens is 186 g/mol. The van der Waals surface area contributed by atoms with Gasteiger partial charge in [-0.3, -0.25) is 0 Å². The molecule has 0 saturated heterocycles. The number of hydrogen-bond acceptors (Lipinski definition) is 2. The van der Waals surface area contributed by atoms with Gasteiger partial charge in [-0.05, 0) is 18.6 Å². The minimum absolute atomic E-state index is 0.0147. The van der Waals surface area contributed by atoms with Crippen LogP contribution in [0.5, 0.6) is 0 Å². The van der Waals surface area contributed by atoms with Crippen LogP contribution in [0.15, 0.2) is 6.07 Å². The zero-order valence-corrected chi connectivity index (χ0v) is 7.07. The SMILES string of the molecule is Cc1c(C(F)F)cc(N)nc1Cl. The Balaban J connectivity index is 3.28. The Bertz CT molecular complexity index is 302. The molecule has 0 bridgehead atoms. The zero-order valence-electron chi connectivity index (χ0n) is 6.31. The molecule has 0 unspecified atom stereocenters. The van der Waals surface area contributed by atoms with Crippen molar-refractivity contribution in [2.45, 2.75) is 13.3 Å². The lowest BCUT2D eigenvalue weighted by molar-refractivity contribution is 0.150. The molecule has 2 nitrogen and oxygen atoms in total. The van der Waals surface area contributed by atoms with E-state index in [9.17, 15) is 8.78 Å². The molecule has 1 aromatic heterocycles. The van der Waals surface area contributed by atoms with Crippen LogP contribution in [0, 0.1) is 6.92 Å². The second kappa shape index (κ2) is 3.23. The molecule has 0 aliphatic rings. The topological polar surface area (TPSA) is 38.9 Å². The predicted molar refractivity (Wildman–Crippen MR) is 43.4 cm³/mol. The van der Waals surface area contributed by atoms with E-state index in [4.69, 9.17) is 17.3 Å². The van der Waals surface area contributed by atoms with Crippen LogP contribution < -0.4 is 5.73 Å². The molecule has 0 saturated carbocycles. The molecule has 1 aromatic rings. The van der Waals surface area contributed by atoms with Crippen LogP contribution in [0.25, 0.3) is 0 Å². The third-order valence-electron chi connectivity index (χ3n) is 1.51. The Morgan fingerprint density at radius 3 is 2.67 bits per heavy atom. The lowest BCUT2D eigenvalue weighted by Crippen LogP contribution is -1.98. The summed E-state index contributed by atoms with van der Waals surface area (Å²) in [5, 5.41) is 0.0327. The van der Waals surface area contributed by atoms with Crippen molar-refractivity contribution >= 4 is 17.4 Å². The standard InChI is InChI=1S/C7H7ClF2N2/c1-3-4(7(9)10)2-5(11)12-6(3)8/h2,7H,1H3,(H2,11,12). The third-order valence-corrected chi connectivity index (χ3v) is 1.88. The minimum Gasteiger partial charge on any atom is -0.384 e. The minimum atomic E-state index is -2.56. The molecule has 0 amide bonds. The first-order chi connectivity index (χ1) is 5.52. The number of alkyl halides is 2. The summed E-state index contributed by atoms with van der Waals surface area (Å²) in [6.45, 7) is 1.48. The second-order valence-electron chi connectivity index (χ2n) is 2.35. The largest absolute Gasteiger partial charge is 0.384 e. The predicted octanol–water partition coefficient (Wildman–Crippen LogP) is 2.56. The maximum absolute atomic E-state index is 12.2. The van der Waals surface area contributed by atoms with Crippen molar-refractivity contribution in [1.29, 1.82) is 0 Å². The van der Waals surface area contributed by atoms with E-state index in [-0.39, 0.29) is 22.1 Å². The Morgan fingerprint density at radius 2 is 2.17 bits per heavy atom. The first-order valence-electron chi connectivity index (χ1n) is 3.23. The number of hydrogen-bond donors (Lipinski definition) is 1. The van der Waals surface area contributed by atoms with Crippen LogP contribution in [0.2, 0.25) is 5.15 Å². The van der Waals surface area contributed by atoms with Crippen molar-refractivity contribution in [3.63, 3.8) is 0 Å². The molecule has 0 radical (unpaired) electrons. The van der Waals surface area contributed by atoms with Crippen molar-refractivity contribution in [3.05, 3.63) is 22.3 Å². The van der Waals surface area contributed by atoms with Crippen LogP contribution in [-0.2, 0) is 0 Å². The number of aromatic nitrogens is 1. The highest BCUT2D eigenvalue weighted by molar-refractivity contribution is 6.30. The smallest absolute Gasteiger partial charge is 0.264 e. The zero-order chi connectivity index (χ0) is 9.30. The summed E-state index contributed by atoms with van der Waals surface area (Å²) in [5.41, 5.74) is 5.36. The number of anilines is 1. The van der Waals surface area contributed by atoms with Gasteiger partial charge in [0.05, 0.1) is 0 Å². The van der Waals surface area contributed by atoms with E-state index in [2.05, 4.69) is 4.98 Å². The first kappa shape index (κ1) is 9.19. The van der Waals surface area contributed by atoms with Crippen LogP contribution in [0.1, 0.15) is 17.6 Å². The van der Waals surface area contributed by atoms with E-state index < -0.39 is 6.43 Å². The van der Waals surface area contributed by atoms with Crippen molar-refractivity contribution in [1.82, 2.24) is 4.98 Å². The fraction of sp³-hybridized carbons (Fsp3) is 0.286. The van der Waals surface area contributed by atoms with Gasteiger partial charge in [0.1, 0.15) is 11.0 Å². The molecular formula is C7H7ClF2N2. The Morgan fingerprint density at radius 1 is 1.58 bits per heavy atom. The van der Waals surface area contributed by atoms with E-state index in [0.29, 0.717) is 0 Å². The molecule has 1 heterocycles. The van der Waals surface area contributed by atoms with Gasteiger partial charge in [0.15, 0.2) is 0 Å². The van der Waals surface area contributed by atoms with Crippen molar-refractivity contribution in [2.24, 2.45) is 0 Å². The Labute approximate surface area is 73.4 Å². The van der Waals surface area contributed by atoms with Crippen molar-refractivity contribution < 1.29 is 8.78 Å². The van der Waals surface area contributed by atoms with Crippen molar-refractivity contribution in [2.75, 3.05) is 5.73 Å². The van der Waals surface area contributed by atoms with Crippen LogP contribution in [0.4, 0.5) is 14.6 Å². The molecule has 0 aliphatic heterocycles. The molecule has 0 aliphatic carbocycles.